The van der Waals surface area contributed by atoms with Gasteiger partial charge in [0.1, 0.15) is 29.2 Å². The number of rotatable bonds is 4. The molecule has 3 aliphatic rings. The summed E-state index contributed by atoms with van der Waals surface area (Å²) in [5.74, 6) is 0.715. The lowest BCUT2D eigenvalue weighted by atomic mass is 9.55. The van der Waals surface area contributed by atoms with Gasteiger partial charge in [0, 0.05) is 24.7 Å². The van der Waals surface area contributed by atoms with Gasteiger partial charge in [0.2, 0.25) is 0 Å². The molecule has 0 amide bonds. The number of carbonyl (C=O) groups excluding carboxylic acids is 1. The fourth-order valence-electron chi connectivity index (χ4n) is 4.90. The van der Waals surface area contributed by atoms with Crippen molar-refractivity contribution in [2.75, 3.05) is 19.8 Å². The van der Waals surface area contributed by atoms with Gasteiger partial charge in [-0.2, -0.15) is 5.10 Å². The molecule has 1 unspecified atom stereocenters. The van der Waals surface area contributed by atoms with E-state index in [1.54, 1.807) is 10.7 Å². The summed E-state index contributed by atoms with van der Waals surface area (Å²) in [5, 5.41) is 4.33. The highest BCUT2D eigenvalue weighted by Gasteiger charge is 2.71. The van der Waals surface area contributed by atoms with Crippen molar-refractivity contribution in [3.05, 3.63) is 47.3 Å². The van der Waals surface area contributed by atoms with Gasteiger partial charge in [-0.15, -0.1) is 0 Å². The van der Waals surface area contributed by atoms with Gasteiger partial charge in [-0.25, -0.2) is 4.99 Å². The van der Waals surface area contributed by atoms with Crippen molar-refractivity contribution >= 4 is 11.8 Å². The lowest BCUT2D eigenvalue weighted by Gasteiger charge is -2.61. The van der Waals surface area contributed by atoms with Crippen LogP contribution < -0.4 is 10.5 Å². The number of nitrogens with two attached hydrogens (primary N) is 1. The Bertz CT molecular complexity index is 1050. The number of ether oxygens (including phenoxy) is 3. The molecular weight excluding hydrogens is 384 g/mol. The van der Waals surface area contributed by atoms with E-state index in [1.807, 2.05) is 31.3 Å². The fraction of sp³-hybridized carbons (Fsp3) is 0.500. The number of aromatic nitrogens is 2. The summed E-state index contributed by atoms with van der Waals surface area (Å²) < 4.78 is 19.5. The van der Waals surface area contributed by atoms with E-state index in [2.05, 4.69) is 18.9 Å². The number of carbonyl (C=O) groups is 1. The highest BCUT2D eigenvalue weighted by molar-refractivity contribution is 5.95. The predicted molar refractivity (Wildman–Crippen MR) is 110 cm³/mol. The maximum Gasteiger partial charge on any atom is 0.283 e. The number of aryl methyl sites for hydroxylation is 1. The molecule has 1 aromatic carbocycles. The summed E-state index contributed by atoms with van der Waals surface area (Å²) in [6, 6.07) is 7.79. The summed E-state index contributed by atoms with van der Waals surface area (Å²) >= 11 is 0. The Morgan fingerprint density at radius 1 is 1.23 bits per heavy atom. The highest BCUT2D eigenvalue weighted by Crippen LogP contribution is 2.62. The number of aliphatic imine (C=N–C) groups is 1. The fourth-order valence-corrected chi connectivity index (χ4v) is 4.90. The Labute approximate surface area is 175 Å². The first-order valence-corrected chi connectivity index (χ1v) is 10.3. The monoisotopic (exact) mass is 410 g/mol. The van der Waals surface area contributed by atoms with E-state index < -0.39 is 16.6 Å². The first kappa shape index (κ1) is 19.1. The standard InChI is InChI=1S/C22H26N4O4/c1-4-26-8-7-16(25-26)17(27)10-14-5-6-18-15(9-14)22(13-29-19(23)24-22)21(11-28-12-21)20(2,3)30-18/h5-9H,4,10-13H2,1-3H3,(H2,23,24). The second-order valence-corrected chi connectivity index (χ2v) is 8.77. The number of hydrogen-bond acceptors (Lipinski definition) is 7. The van der Waals surface area contributed by atoms with E-state index in [-0.39, 0.29) is 18.2 Å². The molecule has 158 valence electrons. The zero-order valence-electron chi connectivity index (χ0n) is 17.5. The average Bonchev–Trinajstić information content (AvgIpc) is 3.28. The van der Waals surface area contributed by atoms with Crippen LogP contribution in [0.15, 0.2) is 35.5 Å². The molecule has 8 nitrogen and oxygen atoms in total. The summed E-state index contributed by atoms with van der Waals surface area (Å²) in [6.07, 6.45) is 2.07. The van der Waals surface area contributed by atoms with Crippen molar-refractivity contribution in [3.63, 3.8) is 0 Å². The van der Waals surface area contributed by atoms with Crippen LogP contribution in [0.1, 0.15) is 42.4 Å². The minimum Gasteiger partial charge on any atom is -0.487 e. The van der Waals surface area contributed by atoms with Gasteiger partial charge in [0.15, 0.2) is 5.78 Å². The Morgan fingerprint density at radius 2 is 2.03 bits per heavy atom. The molecule has 4 heterocycles. The molecule has 2 spiro atoms. The number of amidine groups is 1. The van der Waals surface area contributed by atoms with Gasteiger partial charge >= 0.3 is 0 Å². The zero-order valence-corrected chi connectivity index (χ0v) is 17.5. The molecule has 30 heavy (non-hydrogen) atoms. The summed E-state index contributed by atoms with van der Waals surface area (Å²) in [6.45, 7) is 8.19. The minimum atomic E-state index is -0.699. The van der Waals surface area contributed by atoms with Gasteiger partial charge in [-0.1, -0.05) is 6.07 Å². The first-order chi connectivity index (χ1) is 14.3. The Kier molecular flexibility index (Phi) is 4.02. The minimum absolute atomic E-state index is 0.0272. The maximum absolute atomic E-state index is 12.8. The van der Waals surface area contributed by atoms with Crippen LogP contribution in [0.4, 0.5) is 0 Å². The quantitative estimate of drug-likeness (QED) is 0.775. The molecular formula is C22H26N4O4. The molecule has 2 N–H and O–H groups in total. The third kappa shape index (κ3) is 2.46. The summed E-state index contributed by atoms with van der Waals surface area (Å²) in [5.41, 5.74) is 6.62. The van der Waals surface area contributed by atoms with Crippen molar-refractivity contribution in [2.24, 2.45) is 16.1 Å². The molecule has 3 aliphatic heterocycles. The van der Waals surface area contributed by atoms with Gasteiger partial charge in [-0.3, -0.25) is 9.48 Å². The Balaban J connectivity index is 1.55. The molecule has 1 fully saturated rings. The number of fused-ring (bicyclic) bond motifs is 3. The second kappa shape index (κ2) is 6.31. The van der Waals surface area contributed by atoms with E-state index in [4.69, 9.17) is 24.9 Å². The van der Waals surface area contributed by atoms with Crippen molar-refractivity contribution in [3.8, 4) is 5.75 Å². The van der Waals surface area contributed by atoms with E-state index in [0.717, 1.165) is 23.4 Å². The highest BCUT2D eigenvalue weighted by atomic mass is 16.5. The van der Waals surface area contributed by atoms with Crippen molar-refractivity contribution in [1.82, 2.24) is 9.78 Å². The molecule has 0 bridgehead atoms. The van der Waals surface area contributed by atoms with Gasteiger partial charge in [0.05, 0.1) is 18.6 Å². The van der Waals surface area contributed by atoms with Crippen LogP contribution in [0.25, 0.3) is 0 Å². The molecule has 0 aliphatic carbocycles. The first-order valence-electron chi connectivity index (χ1n) is 10.3. The van der Waals surface area contributed by atoms with E-state index >= 15 is 0 Å². The molecule has 1 saturated heterocycles. The zero-order chi connectivity index (χ0) is 21.1. The normalized spacial score (nSPS) is 25.2. The number of nitrogens with zero attached hydrogens (tertiary/aromatic N) is 3. The van der Waals surface area contributed by atoms with Gasteiger partial charge in [0.25, 0.3) is 6.02 Å². The SMILES string of the molecule is CCn1ccc(C(=O)Cc2ccc3c(c2)C2(COC(N)=N2)C2(COC2)C(C)(C)O3)n1. The van der Waals surface area contributed by atoms with E-state index in [0.29, 0.717) is 25.5 Å². The third-order valence-electron chi connectivity index (χ3n) is 6.84. The van der Waals surface area contributed by atoms with Crippen molar-refractivity contribution in [1.29, 1.82) is 0 Å². The number of ketones is 1. The lowest BCUT2D eigenvalue weighted by molar-refractivity contribution is -0.247. The van der Waals surface area contributed by atoms with Crippen molar-refractivity contribution < 1.29 is 19.0 Å². The van der Waals surface area contributed by atoms with Gasteiger partial charge in [-0.05, 0) is 44.5 Å². The molecule has 2 aromatic rings. The topological polar surface area (TPSA) is 101 Å². The van der Waals surface area contributed by atoms with Crippen LogP contribution >= 0.6 is 0 Å². The van der Waals surface area contributed by atoms with Crippen LogP contribution in [0.2, 0.25) is 0 Å². The van der Waals surface area contributed by atoms with Crippen LogP contribution in [0.3, 0.4) is 0 Å². The molecule has 0 radical (unpaired) electrons. The Hall–Kier alpha value is -2.87. The smallest absolute Gasteiger partial charge is 0.283 e. The second-order valence-electron chi connectivity index (χ2n) is 8.77. The molecule has 5 rings (SSSR count). The van der Waals surface area contributed by atoms with Crippen LogP contribution in [0, 0.1) is 5.41 Å². The number of hydrogen-bond donors (Lipinski definition) is 1. The summed E-state index contributed by atoms with van der Waals surface area (Å²) in [4.78, 5) is 17.6. The predicted octanol–water partition coefficient (Wildman–Crippen LogP) is 2.06. The summed E-state index contributed by atoms with van der Waals surface area (Å²) in [7, 11) is 0. The van der Waals surface area contributed by atoms with E-state index in [1.165, 1.54) is 0 Å². The van der Waals surface area contributed by atoms with Crippen LogP contribution in [-0.4, -0.2) is 47.0 Å². The Morgan fingerprint density at radius 3 is 2.63 bits per heavy atom. The molecule has 1 atom stereocenters. The average molecular weight is 410 g/mol. The van der Waals surface area contributed by atoms with Crippen molar-refractivity contribution in [2.45, 2.75) is 44.9 Å². The van der Waals surface area contributed by atoms with Gasteiger partial charge < -0.3 is 19.9 Å². The third-order valence-corrected chi connectivity index (χ3v) is 6.84. The van der Waals surface area contributed by atoms with Crippen LogP contribution in [-0.2, 0) is 28.0 Å². The lowest BCUT2D eigenvalue weighted by Crippen LogP contribution is -2.71. The molecule has 0 saturated carbocycles. The maximum atomic E-state index is 12.8. The van der Waals surface area contributed by atoms with Crippen LogP contribution in [0.5, 0.6) is 5.75 Å². The number of Topliss-reactive ketones (excluding diaryl/α,β-unsaturated/α-hetero) is 1. The number of benzene rings is 1. The largest absolute Gasteiger partial charge is 0.487 e. The van der Waals surface area contributed by atoms with E-state index in [9.17, 15) is 4.79 Å². The molecule has 1 aromatic heterocycles. The molecule has 8 heteroatoms.